The lowest BCUT2D eigenvalue weighted by Crippen LogP contribution is -2.44. The first-order valence-electron chi connectivity index (χ1n) is 9.09. The van der Waals surface area contributed by atoms with Gasteiger partial charge in [-0.25, -0.2) is 0 Å². The summed E-state index contributed by atoms with van der Waals surface area (Å²) in [6, 6.07) is 4.76. The van der Waals surface area contributed by atoms with Crippen molar-refractivity contribution in [3.8, 4) is 0 Å². The molecule has 2 fully saturated rings. The first-order chi connectivity index (χ1) is 11.6. The van der Waals surface area contributed by atoms with E-state index in [-0.39, 0.29) is 5.60 Å². The van der Waals surface area contributed by atoms with Crippen molar-refractivity contribution >= 4 is 0 Å². The van der Waals surface area contributed by atoms with Crippen molar-refractivity contribution in [3.63, 3.8) is 0 Å². The van der Waals surface area contributed by atoms with Gasteiger partial charge in [-0.15, -0.1) is 0 Å². The quantitative estimate of drug-likeness (QED) is 0.824. The van der Waals surface area contributed by atoms with Crippen molar-refractivity contribution in [3.05, 3.63) is 30.1 Å². The molecule has 0 saturated carbocycles. The van der Waals surface area contributed by atoms with E-state index < -0.39 is 0 Å². The van der Waals surface area contributed by atoms with E-state index in [4.69, 9.17) is 9.47 Å². The van der Waals surface area contributed by atoms with Gasteiger partial charge in [0.05, 0.1) is 19.8 Å². The van der Waals surface area contributed by atoms with Crippen LogP contribution in [0, 0.1) is 5.92 Å². The minimum absolute atomic E-state index is 0.133. The fourth-order valence-corrected chi connectivity index (χ4v) is 3.75. The molecule has 134 valence electrons. The summed E-state index contributed by atoms with van der Waals surface area (Å²) in [4.78, 5) is 8.99. The zero-order chi connectivity index (χ0) is 17.0. The van der Waals surface area contributed by atoms with Crippen molar-refractivity contribution in [1.29, 1.82) is 0 Å². The summed E-state index contributed by atoms with van der Waals surface area (Å²) in [6.45, 7) is 10.8. The molecule has 0 N–H and O–H groups in total. The van der Waals surface area contributed by atoms with E-state index in [1.165, 1.54) is 5.56 Å². The molecule has 2 aliphatic rings. The van der Waals surface area contributed by atoms with Gasteiger partial charge in [-0.2, -0.15) is 0 Å². The Labute approximate surface area is 145 Å². The van der Waals surface area contributed by atoms with Gasteiger partial charge in [0.25, 0.3) is 0 Å². The van der Waals surface area contributed by atoms with E-state index >= 15 is 0 Å². The van der Waals surface area contributed by atoms with Crippen molar-refractivity contribution < 1.29 is 9.47 Å². The minimum atomic E-state index is -0.133. The zero-order valence-electron chi connectivity index (χ0n) is 15.3. The number of ether oxygens (including phenoxy) is 2. The second kappa shape index (κ2) is 7.91. The van der Waals surface area contributed by atoms with Gasteiger partial charge in [-0.3, -0.25) is 9.88 Å². The number of aromatic nitrogens is 1. The second-order valence-electron chi connectivity index (χ2n) is 7.72. The van der Waals surface area contributed by atoms with Crippen LogP contribution in [-0.2, 0) is 16.0 Å². The fourth-order valence-electron chi connectivity index (χ4n) is 3.75. The molecule has 0 aliphatic carbocycles. The van der Waals surface area contributed by atoms with Gasteiger partial charge in [-0.1, -0.05) is 0 Å². The van der Waals surface area contributed by atoms with Crippen LogP contribution in [0.15, 0.2) is 24.5 Å². The van der Waals surface area contributed by atoms with Crippen molar-refractivity contribution in [2.75, 3.05) is 46.5 Å². The maximum Gasteiger partial charge on any atom is 0.104 e. The Balaban J connectivity index is 1.60. The van der Waals surface area contributed by atoms with Crippen LogP contribution in [0.3, 0.4) is 0 Å². The Kier molecular flexibility index (Phi) is 5.87. The summed E-state index contributed by atoms with van der Waals surface area (Å²) in [5.41, 5.74) is 1.17. The van der Waals surface area contributed by atoms with Crippen LogP contribution < -0.4 is 0 Å². The summed E-state index contributed by atoms with van der Waals surface area (Å²) in [5, 5.41) is 0. The molecule has 3 heterocycles. The predicted molar refractivity (Wildman–Crippen MR) is 94.9 cm³/mol. The topological polar surface area (TPSA) is 37.8 Å². The first kappa shape index (κ1) is 17.8. The van der Waals surface area contributed by atoms with Gasteiger partial charge in [0, 0.05) is 44.6 Å². The van der Waals surface area contributed by atoms with Crippen LogP contribution in [0.5, 0.6) is 0 Å². The summed E-state index contributed by atoms with van der Waals surface area (Å²) in [6.07, 6.45) is 4.82. The van der Waals surface area contributed by atoms with E-state index in [0.29, 0.717) is 12.0 Å². The molecule has 0 radical (unpaired) electrons. The van der Waals surface area contributed by atoms with Gasteiger partial charge in [0.2, 0.25) is 0 Å². The van der Waals surface area contributed by atoms with Gasteiger partial charge in [0.15, 0.2) is 0 Å². The van der Waals surface area contributed by atoms with Crippen molar-refractivity contribution in [2.24, 2.45) is 5.92 Å². The number of hydrogen-bond acceptors (Lipinski definition) is 5. The van der Waals surface area contributed by atoms with Gasteiger partial charge in [0.1, 0.15) is 5.60 Å². The molecule has 24 heavy (non-hydrogen) atoms. The summed E-state index contributed by atoms with van der Waals surface area (Å²) < 4.78 is 12.2. The monoisotopic (exact) mass is 333 g/mol. The number of pyridine rings is 1. The molecule has 5 nitrogen and oxygen atoms in total. The zero-order valence-corrected chi connectivity index (χ0v) is 15.3. The van der Waals surface area contributed by atoms with Gasteiger partial charge in [-0.05, 0) is 50.9 Å². The van der Waals surface area contributed by atoms with E-state index in [1.807, 2.05) is 12.4 Å². The molecule has 2 aliphatic heterocycles. The van der Waals surface area contributed by atoms with E-state index in [0.717, 1.165) is 52.4 Å². The Morgan fingerprint density at radius 1 is 1.38 bits per heavy atom. The summed E-state index contributed by atoms with van der Waals surface area (Å²) in [7, 11) is 2.20. The van der Waals surface area contributed by atoms with E-state index in [2.05, 4.69) is 47.8 Å². The lowest BCUT2D eigenvalue weighted by Gasteiger charge is -2.31. The van der Waals surface area contributed by atoms with Crippen LogP contribution in [0.25, 0.3) is 0 Å². The highest BCUT2D eigenvalue weighted by Gasteiger charge is 2.43. The SMILES string of the molecule is CC(C)N(C)C[C@H]1CO[C@@]2(COCCN(Cc3ccncc3)C2)C1. The highest BCUT2D eigenvalue weighted by Crippen LogP contribution is 2.33. The molecule has 2 atom stereocenters. The van der Waals surface area contributed by atoms with Gasteiger partial charge < -0.3 is 14.4 Å². The molecule has 0 bridgehead atoms. The molecule has 1 aromatic rings. The average molecular weight is 333 g/mol. The fraction of sp³-hybridized carbons (Fsp3) is 0.737. The van der Waals surface area contributed by atoms with Crippen molar-refractivity contribution in [1.82, 2.24) is 14.8 Å². The summed E-state index contributed by atoms with van der Waals surface area (Å²) in [5.74, 6) is 0.599. The third-order valence-corrected chi connectivity index (χ3v) is 5.30. The smallest absolute Gasteiger partial charge is 0.104 e. The van der Waals surface area contributed by atoms with Crippen molar-refractivity contribution in [2.45, 2.75) is 38.5 Å². The van der Waals surface area contributed by atoms with Crippen LogP contribution in [0.4, 0.5) is 0 Å². The Morgan fingerprint density at radius 2 is 2.17 bits per heavy atom. The minimum Gasteiger partial charge on any atom is -0.377 e. The van der Waals surface area contributed by atoms with E-state index in [9.17, 15) is 0 Å². The Morgan fingerprint density at radius 3 is 2.92 bits per heavy atom. The largest absolute Gasteiger partial charge is 0.377 e. The lowest BCUT2D eigenvalue weighted by molar-refractivity contribution is -0.0563. The Bertz CT molecular complexity index is 511. The number of hydrogen-bond donors (Lipinski definition) is 0. The molecule has 2 saturated heterocycles. The third-order valence-electron chi connectivity index (χ3n) is 5.30. The number of nitrogens with zero attached hydrogens (tertiary/aromatic N) is 3. The molecule has 3 rings (SSSR count). The molecule has 5 heteroatoms. The van der Waals surface area contributed by atoms with Crippen LogP contribution >= 0.6 is 0 Å². The molecule has 0 amide bonds. The summed E-state index contributed by atoms with van der Waals surface area (Å²) >= 11 is 0. The molecular formula is C19H31N3O2. The van der Waals surface area contributed by atoms with Gasteiger partial charge >= 0.3 is 0 Å². The third kappa shape index (κ3) is 4.54. The lowest BCUT2D eigenvalue weighted by atomic mass is 9.93. The van der Waals surface area contributed by atoms with Crippen LogP contribution in [0.2, 0.25) is 0 Å². The predicted octanol–water partition coefficient (Wildman–Crippen LogP) is 2.03. The first-order valence-corrected chi connectivity index (χ1v) is 9.09. The molecule has 0 unspecified atom stereocenters. The molecule has 1 spiro atoms. The normalized spacial score (nSPS) is 28.8. The molecule has 0 aromatic carbocycles. The molecular weight excluding hydrogens is 302 g/mol. The van der Waals surface area contributed by atoms with Crippen LogP contribution in [-0.4, -0.2) is 72.9 Å². The van der Waals surface area contributed by atoms with Crippen LogP contribution in [0.1, 0.15) is 25.8 Å². The Hall–Kier alpha value is -1.01. The number of rotatable bonds is 5. The maximum atomic E-state index is 6.32. The highest BCUT2D eigenvalue weighted by atomic mass is 16.5. The maximum absolute atomic E-state index is 6.32. The van der Waals surface area contributed by atoms with E-state index in [1.54, 1.807) is 0 Å². The highest BCUT2D eigenvalue weighted by molar-refractivity contribution is 5.10. The second-order valence-corrected chi connectivity index (χ2v) is 7.72. The molecule has 1 aromatic heterocycles. The average Bonchev–Trinajstić information content (AvgIpc) is 2.83. The standard InChI is InChI=1S/C19H31N3O2/c1-16(2)21(3)11-18-10-19(24-13-18)14-22(8-9-23-15-19)12-17-4-6-20-7-5-17/h4-7,16,18H,8-15H2,1-3H3/t18-,19-/m0/s1.